The van der Waals surface area contributed by atoms with E-state index in [0.29, 0.717) is 0 Å². The van der Waals surface area contributed by atoms with Gasteiger partial charge in [0.05, 0.1) is 17.4 Å². The van der Waals surface area contributed by atoms with Crippen molar-refractivity contribution >= 4 is 11.6 Å². The van der Waals surface area contributed by atoms with Gasteiger partial charge in [-0.05, 0) is 11.8 Å². The number of aryl methyl sites for hydroxylation is 1. The van der Waals surface area contributed by atoms with Crippen molar-refractivity contribution in [2.24, 2.45) is 18.7 Å². The summed E-state index contributed by atoms with van der Waals surface area (Å²) < 4.78 is 1.71. The van der Waals surface area contributed by atoms with E-state index in [-0.39, 0.29) is 17.7 Å². The second kappa shape index (κ2) is 6.00. The third-order valence-corrected chi connectivity index (χ3v) is 3.22. The second-order valence-corrected chi connectivity index (χ2v) is 5.16. The molecule has 0 bridgehead atoms. The van der Waals surface area contributed by atoms with Gasteiger partial charge in [-0.2, -0.15) is 5.10 Å². The highest BCUT2D eigenvalue weighted by atomic mass is 16.2. The molecule has 0 unspecified atom stereocenters. The zero-order valence-electron chi connectivity index (χ0n) is 11.9. The molecule has 0 aliphatic carbocycles. The van der Waals surface area contributed by atoms with Crippen molar-refractivity contribution in [2.45, 2.75) is 46.1 Å². The van der Waals surface area contributed by atoms with E-state index in [1.807, 2.05) is 40.9 Å². The molecule has 1 amide bonds. The fraction of sp³-hybridized carbons (Fsp3) is 0.692. The van der Waals surface area contributed by atoms with E-state index in [1.165, 1.54) is 0 Å². The van der Waals surface area contributed by atoms with E-state index >= 15 is 0 Å². The molecule has 0 fully saturated rings. The van der Waals surface area contributed by atoms with Crippen LogP contribution < -0.4 is 11.1 Å². The molecule has 1 aromatic rings. The van der Waals surface area contributed by atoms with Gasteiger partial charge in [0, 0.05) is 13.2 Å². The van der Waals surface area contributed by atoms with Gasteiger partial charge in [0.1, 0.15) is 0 Å². The van der Waals surface area contributed by atoms with Crippen molar-refractivity contribution in [3.8, 4) is 0 Å². The van der Waals surface area contributed by atoms with Crippen molar-refractivity contribution in [3.63, 3.8) is 0 Å². The normalized spacial score (nSPS) is 14.6. The standard InChI is InChI=1S/C13H24N4O/c1-6-9(4)11(14)13(18)15-10-7-17(5)16-12(10)8(2)3/h7-9,11H,6,14H2,1-5H3,(H,15,18)/t9-,11-/m0/s1. The number of nitrogens with one attached hydrogen (secondary N) is 1. The molecule has 0 aliphatic rings. The second-order valence-electron chi connectivity index (χ2n) is 5.16. The summed E-state index contributed by atoms with van der Waals surface area (Å²) in [5, 5.41) is 7.23. The number of hydrogen-bond donors (Lipinski definition) is 2. The average molecular weight is 252 g/mol. The molecular formula is C13H24N4O. The van der Waals surface area contributed by atoms with Crippen LogP contribution >= 0.6 is 0 Å². The van der Waals surface area contributed by atoms with Crippen LogP contribution in [-0.2, 0) is 11.8 Å². The maximum atomic E-state index is 12.0. The van der Waals surface area contributed by atoms with E-state index in [4.69, 9.17) is 5.73 Å². The van der Waals surface area contributed by atoms with E-state index in [2.05, 4.69) is 10.4 Å². The fourth-order valence-corrected chi connectivity index (χ4v) is 1.76. The lowest BCUT2D eigenvalue weighted by Crippen LogP contribution is -2.40. The van der Waals surface area contributed by atoms with Crippen LogP contribution in [0.25, 0.3) is 0 Å². The van der Waals surface area contributed by atoms with Crippen LogP contribution in [0.4, 0.5) is 5.69 Å². The molecule has 1 rings (SSSR count). The van der Waals surface area contributed by atoms with Gasteiger partial charge < -0.3 is 11.1 Å². The maximum Gasteiger partial charge on any atom is 0.241 e. The Hall–Kier alpha value is -1.36. The lowest BCUT2D eigenvalue weighted by atomic mass is 9.99. The van der Waals surface area contributed by atoms with Crippen LogP contribution in [0, 0.1) is 5.92 Å². The van der Waals surface area contributed by atoms with Gasteiger partial charge in [-0.15, -0.1) is 0 Å². The van der Waals surface area contributed by atoms with Crippen LogP contribution in [0.1, 0.15) is 45.7 Å². The molecule has 0 saturated carbocycles. The smallest absolute Gasteiger partial charge is 0.241 e. The van der Waals surface area contributed by atoms with E-state index in [1.54, 1.807) is 4.68 Å². The molecule has 18 heavy (non-hydrogen) atoms. The number of nitrogens with zero attached hydrogens (tertiary/aromatic N) is 2. The molecule has 0 spiro atoms. The number of carbonyl (C=O) groups is 1. The Bertz CT molecular complexity index is 411. The first-order valence-electron chi connectivity index (χ1n) is 6.46. The predicted molar refractivity (Wildman–Crippen MR) is 73.4 cm³/mol. The van der Waals surface area contributed by atoms with Crippen LogP contribution in [0.5, 0.6) is 0 Å². The number of hydrogen-bond acceptors (Lipinski definition) is 3. The van der Waals surface area contributed by atoms with Gasteiger partial charge >= 0.3 is 0 Å². The monoisotopic (exact) mass is 252 g/mol. The van der Waals surface area contributed by atoms with E-state index in [0.717, 1.165) is 17.8 Å². The quantitative estimate of drug-likeness (QED) is 0.840. The first kappa shape index (κ1) is 14.7. The lowest BCUT2D eigenvalue weighted by molar-refractivity contribution is -0.118. The highest BCUT2D eigenvalue weighted by Crippen LogP contribution is 2.22. The summed E-state index contributed by atoms with van der Waals surface area (Å²) in [7, 11) is 1.84. The number of anilines is 1. The highest BCUT2D eigenvalue weighted by Gasteiger charge is 2.21. The maximum absolute atomic E-state index is 12.0. The summed E-state index contributed by atoms with van der Waals surface area (Å²) in [4.78, 5) is 12.0. The summed E-state index contributed by atoms with van der Waals surface area (Å²) in [6.07, 6.45) is 2.70. The summed E-state index contributed by atoms with van der Waals surface area (Å²) in [6, 6.07) is -0.477. The Morgan fingerprint density at radius 1 is 1.50 bits per heavy atom. The van der Waals surface area contributed by atoms with Gasteiger partial charge in [0.25, 0.3) is 0 Å². The Balaban J connectivity index is 2.81. The number of carbonyl (C=O) groups excluding carboxylic acids is 1. The van der Waals surface area contributed by atoms with Crippen molar-refractivity contribution in [1.29, 1.82) is 0 Å². The molecule has 0 saturated heterocycles. The minimum atomic E-state index is -0.477. The van der Waals surface area contributed by atoms with Crippen molar-refractivity contribution < 1.29 is 4.79 Å². The molecule has 0 aliphatic heterocycles. The van der Waals surface area contributed by atoms with Gasteiger partial charge in [-0.25, -0.2) is 0 Å². The molecule has 3 N–H and O–H groups in total. The van der Waals surface area contributed by atoms with Gasteiger partial charge in [0.15, 0.2) is 0 Å². The predicted octanol–water partition coefficient (Wildman–Crippen LogP) is 1.86. The molecular weight excluding hydrogens is 228 g/mol. The number of nitrogens with two attached hydrogens (primary N) is 1. The van der Waals surface area contributed by atoms with Crippen molar-refractivity contribution in [2.75, 3.05) is 5.32 Å². The van der Waals surface area contributed by atoms with Crippen LogP contribution in [-0.4, -0.2) is 21.7 Å². The first-order valence-corrected chi connectivity index (χ1v) is 6.46. The summed E-state index contributed by atoms with van der Waals surface area (Å²) in [5.74, 6) is 0.296. The summed E-state index contributed by atoms with van der Waals surface area (Å²) in [6.45, 7) is 8.11. The Labute approximate surface area is 109 Å². The van der Waals surface area contributed by atoms with Gasteiger partial charge in [0.2, 0.25) is 5.91 Å². The molecule has 2 atom stereocenters. The number of rotatable bonds is 5. The summed E-state index contributed by atoms with van der Waals surface area (Å²) in [5.41, 5.74) is 7.56. The summed E-state index contributed by atoms with van der Waals surface area (Å²) >= 11 is 0. The lowest BCUT2D eigenvalue weighted by Gasteiger charge is -2.17. The molecule has 1 heterocycles. The molecule has 0 radical (unpaired) electrons. The van der Waals surface area contributed by atoms with Gasteiger partial charge in [-0.3, -0.25) is 9.48 Å². The first-order chi connectivity index (χ1) is 8.36. The largest absolute Gasteiger partial charge is 0.322 e. The zero-order chi connectivity index (χ0) is 13.9. The highest BCUT2D eigenvalue weighted by molar-refractivity contribution is 5.95. The van der Waals surface area contributed by atoms with E-state index in [9.17, 15) is 4.79 Å². The fourth-order valence-electron chi connectivity index (χ4n) is 1.76. The Morgan fingerprint density at radius 3 is 2.61 bits per heavy atom. The number of aromatic nitrogens is 2. The third-order valence-electron chi connectivity index (χ3n) is 3.22. The topological polar surface area (TPSA) is 72.9 Å². The molecule has 5 heteroatoms. The van der Waals surface area contributed by atoms with Gasteiger partial charge in [-0.1, -0.05) is 34.1 Å². The van der Waals surface area contributed by atoms with Crippen LogP contribution in [0.15, 0.2) is 6.20 Å². The Kier molecular flexibility index (Phi) is 4.90. The molecule has 0 aromatic carbocycles. The van der Waals surface area contributed by atoms with Crippen molar-refractivity contribution in [1.82, 2.24) is 9.78 Å². The van der Waals surface area contributed by atoms with Crippen LogP contribution in [0.3, 0.4) is 0 Å². The molecule has 5 nitrogen and oxygen atoms in total. The third kappa shape index (κ3) is 3.32. The minimum Gasteiger partial charge on any atom is -0.322 e. The number of amides is 1. The Morgan fingerprint density at radius 2 is 2.11 bits per heavy atom. The minimum absolute atomic E-state index is 0.140. The van der Waals surface area contributed by atoms with Crippen molar-refractivity contribution in [3.05, 3.63) is 11.9 Å². The SMILES string of the molecule is CC[C@H](C)[C@H](N)C(=O)Nc1cn(C)nc1C(C)C. The van der Waals surface area contributed by atoms with E-state index < -0.39 is 6.04 Å². The molecule has 1 aromatic heterocycles. The van der Waals surface area contributed by atoms with Crippen LogP contribution in [0.2, 0.25) is 0 Å². The molecule has 102 valence electrons. The average Bonchev–Trinajstić information content (AvgIpc) is 2.68. The zero-order valence-corrected chi connectivity index (χ0v) is 11.9.